The lowest BCUT2D eigenvalue weighted by Gasteiger charge is -2.03. The Labute approximate surface area is 157 Å². The molecule has 0 saturated heterocycles. The second kappa shape index (κ2) is 14.8. The zero-order valence-electron chi connectivity index (χ0n) is 16.3. The molecule has 4 nitrogen and oxygen atoms in total. The van der Waals surface area contributed by atoms with Crippen LogP contribution in [0.15, 0.2) is 6.20 Å². The number of carbonyl (C=O) groups is 1. The zero-order chi connectivity index (χ0) is 19.0. The van der Waals surface area contributed by atoms with Crippen LogP contribution in [0.4, 0.5) is 4.39 Å². The molecule has 0 bridgehead atoms. The molecular formula is C21H36FNO3. The largest absolute Gasteiger partial charge is 0.461 e. The third-order valence-corrected chi connectivity index (χ3v) is 4.68. The molecule has 2 N–H and O–H groups in total. The molecular weight excluding hydrogens is 333 g/mol. The molecule has 1 aromatic heterocycles. The Morgan fingerprint density at radius 3 is 2.15 bits per heavy atom. The first-order valence-corrected chi connectivity index (χ1v) is 10.3. The minimum absolute atomic E-state index is 0.0510. The van der Waals surface area contributed by atoms with Gasteiger partial charge in [0, 0.05) is 24.8 Å². The molecule has 0 aromatic carbocycles. The molecule has 0 fully saturated rings. The van der Waals surface area contributed by atoms with Crippen LogP contribution in [-0.4, -0.2) is 29.3 Å². The molecule has 26 heavy (non-hydrogen) atoms. The molecule has 1 heterocycles. The van der Waals surface area contributed by atoms with Gasteiger partial charge in [0.1, 0.15) is 0 Å². The van der Waals surface area contributed by atoms with Crippen LogP contribution in [0.2, 0.25) is 0 Å². The number of carbonyl (C=O) groups excluding carboxylic acids is 1. The molecule has 0 saturated carbocycles. The number of halogens is 1. The van der Waals surface area contributed by atoms with Crippen molar-refractivity contribution < 1.29 is 19.0 Å². The summed E-state index contributed by atoms with van der Waals surface area (Å²) in [6.07, 6.45) is 16.4. The smallest absolute Gasteiger partial charge is 0.357 e. The van der Waals surface area contributed by atoms with Crippen molar-refractivity contribution in [3.05, 3.63) is 23.3 Å². The van der Waals surface area contributed by atoms with Gasteiger partial charge in [0.15, 0.2) is 11.5 Å². The minimum atomic E-state index is -0.693. The van der Waals surface area contributed by atoms with E-state index in [9.17, 15) is 9.18 Å². The normalized spacial score (nSPS) is 11.0. The predicted molar refractivity (Wildman–Crippen MR) is 103 cm³/mol. The lowest BCUT2D eigenvalue weighted by Crippen LogP contribution is -2.09. The van der Waals surface area contributed by atoms with Crippen LogP contribution in [0.3, 0.4) is 0 Å². The van der Waals surface area contributed by atoms with Crippen LogP contribution >= 0.6 is 0 Å². The Morgan fingerprint density at radius 2 is 1.58 bits per heavy atom. The minimum Gasteiger partial charge on any atom is -0.461 e. The quantitative estimate of drug-likeness (QED) is 0.297. The summed E-state index contributed by atoms with van der Waals surface area (Å²) in [6.45, 7) is 2.29. The number of aliphatic hydroxyl groups excluding tert-OH is 1. The van der Waals surface area contributed by atoms with E-state index >= 15 is 0 Å². The number of aryl methyl sites for hydroxylation is 1. The van der Waals surface area contributed by atoms with Gasteiger partial charge in [-0.2, -0.15) is 0 Å². The first kappa shape index (κ1) is 22.7. The van der Waals surface area contributed by atoms with Crippen molar-refractivity contribution in [2.45, 2.75) is 90.4 Å². The third-order valence-electron chi connectivity index (χ3n) is 4.68. The molecule has 1 rings (SSSR count). The summed E-state index contributed by atoms with van der Waals surface area (Å²) in [5, 5.41) is 8.67. The number of H-pyrrole nitrogens is 1. The highest BCUT2D eigenvalue weighted by Gasteiger charge is 2.18. The van der Waals surface area contributed by atoms with Crippen molar-refractivity contribution in [2.24, 2.45) is 0 Å². The van der Waals surface area contributed by atoms with Gasteiger partial charge in [-0.15, -0.1) is 0 Å². The van der Waals surface area contributed by atoms with Gasteiger partial charge in [-0.25, -0.2) is 9.18 Å². The predicted octanol–water partition coefficient (Wildman–Crippen LogP) is 5.55. The molecule has 0 aliphatic rings. The van der Waals surface area contributed by atoms with E-state index in [1.165, 1.54) is 57.8 Å². The highest BCUT2D eigenvalue weighted by Crippen LogP contribution is 2.17. The van der Waals surface area contributed by atoms with Gasteiger partial charge in [0.2, 0.25) is 0 Å². The average molecular weight is 370 g/mol. The van der Waals surface area contributed by atoms with Crippen LogP contribution < -0.4 is 0 Å². The van der Waals surface area contributed by atoms with E-state index in [0.717, 1.165) is 12.8 Å². The van der Waals surface area contributed by atoms with Crippen molar-refractivity contribution in [2.75, 3.05) is 13.2 Å². The fourth-order valence-corrected chi connectivity index (χ4v) is 3.06. The molecule has 1 aromatic rings. The van der Waals surface area contributed by atoms with E-state index < -0.39 is 11.8 Å². The summed E-state index contributed by atoms with van der Waals surface area (Å²) >= 11 is 0. The summed E-state index contributed by atoms with van der Waals surface area (Å²) in [5.74, 6) is -1.19. The second-order valence-electron chi connectivity index (χ2n) is 7.00. The number of hydrogen-bond donors (Lipinski definition) is 2. The van der Waals surface area contributed by atoms with E-state index in [1.807, 2.05) is 0 Å². The molecule has 0 unspecified atom stereocenters. The van der Waals surface area contributed by atoms with Gasteiger partial charge in [-0.05, 0) is 12.8 Å². The number of aliphatic hydroxyl groups is 1. The fourth-order valence-electron chi connectivity index (χ4n) is 3.06. The first-order chi connectivity index (χ1) is 12.7. The number of ether oxygens (including phenoxy) is 1. The maximum absolute atomic E-state index is 14.2. The maximum Gasteiger partial charge on any atom is 0.357 e. The third kappa shape index (κ3) is 9.37. The van der Waals surface area contributed by atoms with E-state index in [4.69, 9.17) is 9.84 Å². The zero-order valence-corrected chi connectivity index (χ0v) is 16.3. The molecule has 0 aliphatic heterocycles. The van der Waals surface area contributed by atoms with Crippen molar-refractivity contribution in [1.29, 1.82) is 0 Å². The summed E-state index contributed by atoms with van der Waals surface area (Å²) in [6, 6.07) is 0. The summed E-state index contributed by atoms with van der Waals surface area (Å²) in [4.78, 5) is 14.4. The molecule has 0 radical (unpaired) electrons. The average Bonchev–Trinajstić information content (AvgIpc) is 3.00. The first-order valence-electron chi connectivity index (χ1n) is 10.3. The van der Waals surface area contributed by atoms with Crippen LogP contribution in [0.1, 0.15) is 100 Å². The van der Waals surface area contributed by atoms with Gasteiger partial charge in [0.25, 0.3) is 0 Å². The number of unbranched alkanes of at least 4 members (excludes halogenated alkanes) is 10. The Kier molecular flexibility index (Phi) is 12.9. The van der Waals surface area contributed by atoms with Gasteiger partial charge in [-0.3, -0.25) is 0 Å². The Morgan fingerprint density at radius 1 is 1.00 bits per heavy atom. The van der Waals surface area contributed by atoms with Crippen molar-refractivity contribution in [3.63, 3.8) is 0 Å². The van der Waals surface area contributed by atoms with Crippen molar-refractivity contribution >= 4 is 5.97 Å². The summed E-state index contributed by atoms with van der Waals surface area (Å²) < 4.78 is 19.1. The lowest BCUT2D eigenvalue weighted by atomic mass is 10.0. The maximum atomic E-state index is 14.2. The van der Waals surface area contributed by atoms with Crippen LogP contribution in [0.5, 0.6) is 0 Å². The van der Waals surface area contributed by atoms with Crippen LogP contribution in [0, 0.1) is 5.82 Å². The highest BCUT2D eigenvalue weighted by molar-refractivity contribution is 5.88. The monoisotopic (exact) mass is 369 g/mol. The fraction of sp³-hybridized carbons (Fsp3) is 0.762. The Bertz CT molecular complexity index is 488. The Hall–Kier alpha value is -1.36. The summed E-state index contributed by atoms with van der Waals surface area (Å²) in [7, 11) is 0. The van der Waals surface area contributed by atoms with Crippen molar-refractivity contribution in [3.8, 4) is 0 Å². The van der Waals surface area contributed by atoms with Gasteiger partial charge < -0.3 is 14.8 Å². The SMILES string of the molecule is CCCCCCCCCCCCCc1c[nH]c(C(=O)OCCCO)c1F. The molecule has 0 atom stereocenters. The van der Waals surface area contributed by atoms with Gasteiger partial charge in [-0.1, -0.05) is 71.1 Å². The van der Waals surface area contributed by atoms with Crippen LogP contribution in [0.25, 0.3) is 0 Å². The number of aromatic amines is 1. The van der Waals surface area contributed by atoms with Gasteiger partial charge >= 0.3 is 5.97 Å². The Balaban J connectivity index is 2.10. The molecule has 5 heteroatoms. The van der Waals surface area contributed by atoms with Gasteiger partial charge in [0.05, 0.1) is 6.61 Å². The number of hydrogen-bond acceptors (Lipinski definition) is 3. The standard InChI is InChI=1S/C21H36FNO3/c1-2-3-4-5-6-7-8-9-10-11-12-14-18-17-23-20(19(18)22)21(25)26-16-13-15-24/h17,23-24H,2-16H2,1H3. The van der Waals surface area contributed by atoms with E-state index in [1.54, 1.807) is 6.20 Å². The van der Waals surface area contributed by atoms with Crippen molar-refractivity contribution in [1.82, 2.24) is 4.98 Å². The molecule has 0 amide bonds. The van der Waals surface area contributed by atoms with E-state index in [0.29, 0.717) is 18.4 Å². The number of aromatic nitrogens is 1. The highest BCUT2D eigenvalue weighted by atomic mass is 19.1. The summed E-state index contributed by atoms with van der Waals surface area (Å²) in [5.41, 5.74) is 0.441. The lowest BCUT2D eigenvalue weighted by molar-refractivity contribution is 0.0470. The molecule has 150 valence electrons. The molecule has 0 spiro atoms. The van der Waals surface area contributed by atoms with Crippen LogP contribution in [-0.2, 0) is 11.2 Å². The van der Waals surface area contributed by atoms with E-state index in [-0.39, 0.29) is 18.9 Å². The second-order valence-corrected chi connectivity index (χ2v) is 7.00. The number of nitrogens with one attached hydrogen (secondary N) is 1. The molecule has 0 aliphatic carbocycles. The number of esters is 1. The van der Waals surface area contributed by atoms with E-state index in [2.05, 4.69) is 11.9 Å². The number of rotatable bonds is 16. The topological polar surface area (TPSA) is 62.3 Å².